The van der Waals surface area contributed by atoms with Crippen molar-refractivity contribution in [2.75, 3.05) is 13.2 Å². The molecule has 0 spiro atoms. The van der Waals surface area contributed by atoms with Crippen molar-refractivity contribution in [3.05, 3.63) is 12.2 Å². The minimum Gasteiger partial charge on any atom is -0.481 e. The van der Waals surface area contributed by atoms with E-state index in [1.165, 1.54) is 38.5 Å². The van der Waals surface area contributed by atoms with Crippen LogP contribution in [0.3, 0.4) is 0 Å². The van der Waals surface area contributed by atoms with Gasteiger partial charge in [0, 0.05) is 18.9 Å². The molecule has 4 nitrogen and oxygen atoms in total. The van der Waals surface area contributed by atoms with Crippen LogP contribution in [0.2, 0.25) is 0 Å². The molecule has 138 valence electrons. The van der Waals surface area contributed by atoms with Gasteiger partial charge in [0.25, 0.3) is 0 Å². The second kappa shape index (κ2) is 10.9. The highest BCUT2D eigenvalue weighted by Crippen LogP contribution is 2.45. The highest BCUT2D eigenvalue weighted by atomic mass is 16.5. The molecular weight excluding hydrogens is 304 g/mol. The molecule has 24 heavy (non-hydrogen) atoms. The summed E-state index contributed by atoms with van der Waals surface area (Å²) < 4.78 is 12.1. The van der Waals surface area contributed by atoms with Gasteiger partial charge in [0.1, 0.15) is 0 Å². The fraction of sp³-hybridized carbons (Fsp3) is 0.850. The predicted molar refractivity (Wildman–Crippen MR) is 95.1 cm³/mol. The van der Waals surface area contributed by atoms with E-state index in [1.54, 1.807) is 0 Å². The molecule has 0 radical (unpaired) electrons. The van der Waals surface area contributed by atoms with Crippen molar-refractivity contribution in [3.8, 4) is 0 Å². The van der Waals surface area contributed by atoms with E-state index in [0.29, 0.717) is 24.0 Å². The van der Waals surface area contributed by atoms with Crippen molar-refractivity contribution in [2.24, 2.45) is 11.8 Å². The van der Waals surface area contributed by atoms with Gasteiger partial charge in [-0.1, -0.05) is 38.3 Å². The summed E-state index contributed by atoms with van der Waals surface area (Å²) in [6.45, 7) is 3.95. The van der Waals surface area contributed by atoms with Crippen LogP contribution in [0, 0.1) is 11.8 Å². The van der Waals surface area contributed by atoms with Crippen molar-refractivity contribution >= 4 is 5.97 Å². The van der Waals surface area contributed by atoms with Gasteiger partial charge in [0.15, 0.2) is 0 Å². The lowest BCUT2D eigenvalue weighted by Crippen LogP contribution is -2.30. The molecule has 4 atom stereocenters. The van der Waals surface area contributed by atoms with E-state index in [-0.39, 0.29) is 6.42 Å². The zero-order valence-corrected chi connectivity index (χ0v) is 15.1. The van der Waals surface area contributed by atoms with Gasteiger partial charge < -0.3 is 14.6 Å². The number of rotatable bonds is 13. The van der Waals surface area contributed by atoms with E-state index < -0.39 is 5.97 Å². The Kier molecular flexibility index (Phi) is 8.82. The number of unbranched alkanes of at least 4 members (excludes halogenated alkanes) is 4. The third-order valence-corrected chi connectivity index (χ3v) is 5.38. The Bertz CT molecular complexity index is 393. The number of carbonyl (C=O) groups is 1. The number of carboxylic acid groups (broad SMARTS) is 1. The Morgan fingerprint density at radius 1 is 1.12 bits per heavy atom. The quantitative estimate of drug-likeness (QED) is 0.394. The van der Waals surface area contributed by atoms with Crippen LogP contribution in [0.1, 0.15) is 71.1 Å². The Labute approximate surface area is 146 Å². The van der Waals surface area contributed by atoms with E-state index in [1.807, 2.05) is 0 Å². The molecule has 0 aliphatic carbocycles. The number of carboxylic acids is 1. The summed E-state index contributed by atoms with van der Waals surface area (Å²) in [7, 11) is 0. The first-order valence-electron chi connectivity index (χ1n) is 9.82. The molecule has 1 N–H and O–H groups in total. The maximum absolute atomic E-state index is 10.5. The van der Waals surface area contributed by atoms with Crippen LogP contribution in [0.5, 0.6) is 0 Å². The molecular formula is C20H34O4. The van der Waals surface area contributed by atoms with E-state index in [0.717, 1.165) is 32.5 Å². The number of hydrogen-bond acceptors (Lipinski definition) is 3. The number of hydrogen-bond donors (Lipinski definition) is 1. The van der Waals surface area contributed by atoms with Crippen LogP contribution in [-0.4, -0.2) is 36.5 Å². The lowest BCUT2D eigenvalue weighted by Gasteiger charge is -2.27. The Balaban J connectivity index is 1.65. The molecule has 0 saturated carbocycles. The summed E-state index contributed by atoms with van der Waals surface area (Å²) in [5.74, 6) is 0.412. The maximum atomic E-state index is 10.5. The van der Waals surface area contributed by atoms with Gasteiger partial charge >= 0.3 is 5.97 Å². The highest BCUT2D eigenvalue weighted by Gasteiger charge is 2.48. The number of aliphatic carboxylic acids is 1. The molecule has 2 rings (SSSR count). The number of fused-ring (bicyclic) bond motifs is 2. The third-order valence-electron chi connectivity index (χ3n) is 5.38. The molecule has 0 unspecified atom stereocenters. The molecule has 2 bridgehead atoms. The van der Waals surface area contributed by atoms with E-state index in [2.05, 4.69) is 19.1 Å². The molecule has 4 heteroatoms. The molecule has 0 amide bonds. The topological polar surface area (TPSA) is 55.8 Å². The Morgan fingerprint density at radius 3 is 2.67 bits per heavy atom. The number of allylic oxidation sites excluding steroid dienone is 2. The van der Waals surface area contributed by atoms with Crippen LogP contribution in [0.4, 0.5) is 0 Å². The lowest BCUT2D eigenvalue weighted by molar-refractivity contribution is -0.137. The smallest absolute Gasteiger partial charge is 0.303 e. The summed E-state index contributed by atoms with van der Waals surface area (Å²) in [5, 5.41) is 8.64. The van der Waals surface area contributed by atoms with Crippen LogP contribution in [0.25, 0.3) is 0 Å². The average Bonchev–Trinajstić information content (AvgIpc) is 3.15. The lowest BCUT2D eigenvalue weighted by atomic mass is 9.78. The van der Waals surface area contributed by atoms with Crippen molar-refractivity contribution in [1.29, 1.82) is 0 Å². The van der Waals surface area contributed by atoms with E-state index >= 15 is 0 Å². The Morgan fingerprint density at radius 2 is 1.92 bits per heavy atom. The molecule has 0 aromatic rings. The second-order valence-corrected chi connectivity index (χ2v) is 7.25. The second-order valence-electron chi connectivity index (χ2n) is 7.25. The molecule has 2 aliphatic heterocycles. The van der Waals surface area contributed by atoms with Gasteiger partial charge in [0.05, 0.1) is 18.8 Å². The van der Waals surface area contributed by atoms with Crippen molar-refractivity contribution < 1.29 is 19.4 Å². The van der Waals surface area contributed by atoms with Crippen molar-refractivity contribution in [2.45, 2.75) is 83.3 Å². The maximum Gasteiger partial charge on any atom is 0.303 e. The van der Waals surface area contributed by atoms with Gasteiger partial charge in [-0.25, -0.2) is 0 Å². The van der Waals surface area contributed by atoms with Crippen molar-refractivity contribution in [3.63, 3.8) is 0 Å². The first-order chi connectivity index (χ1) is 11.7. The van der Waals surface area contributed by atoms with Crippen LogP contribution in [0.15, 0.2) is 12.2 Å². The van der Waals surface area contributed by atoms with Gasteiger partial charge in [-0.05, 0) is 44.4 Å². The summed E-state index contributed by atoms with van der Waals surface area (Å²) in [6, 6.07) is 0. The van der Waals surface area contributed by atoms with Crippen molar-refractivity contribution in [1.82, 2.24) is 0 Å². The molecule has 0 aromatic heterocycles. The zero-order chi connectivity index (χ0) is 17.2. The summed E-state index contributed by atoms with van der Waals surface area (Å²) >= 11 is 0. The largest absolute Gasteiger partial charge is 0.481 e. The van der Waals surface area contributed by atoms with Crippen LogP contribution < -0.4 is 0 Å². The van der Waals surface area contributed by atoms with E-state index in [9.17, 15) is 4.79 Å². The summed E-state index contributed by atoms with van der Waals surface area (Å²) in [4.78, 5) is 10.5. The summed E-state index contributed by atoms with van der Waals surface area (Å²) in [5.41, 5.74) is 0. The van der Waals surface area contributed by atoms with Gasteiger partial charge in [-0.15, -0.1) is 0 Å². The van der Waals surface area contributed by atoms with Crippen LogP contribution in [-0.2, 0) is 14.3 Å². The van der Waals surface area contributed by atoms with Crippen LogP contribution >= 0.6 is 0 Å². The molecule has 2 heterocycles. The normalized spacial score (nSPS) is 28.9. The minimum atomic E-state index is -0.707. The predicted octanol–water partition coefficient (Wildman–Crippen LogP) is 4.58. The zero-order valence-electron chi connectivity index (χ0n) is 15.1. The molecule has 2 saturated heterocycles. The van der Waals surface area contributed by atoms with Gasteiger partial charge in [-0.2, -0.15) is 0 Å². The van der Waals surface area contributed by atoms with E-state index in [4.69, 9.17) is 14.6 Å². The standard InChI is InChI=1S/C20H34O4/c1-2-3-4-9-14-23-15-17-16(18-12-13-19(17)24-18)10-7-5-6-8-11-20(21)22/h5,7,16-19H,2-4,6,8-15H2,1H3,(H,21,22)/b7-5-/t16-,17+,18+,19-/m1/s1. The van der Waals surface area contributed by atoms with Gasteiger partial charge in [-0.3, -0.25) is 4.79 Å². The summed E-state index contributed by atoms with van der Waals surface area (Å²) in [6.07, 6.45) is 15.4. The van der Waals surface area contributed by atoms with Gasteiger partial charge in [0.2, 0.25) is 0 Å². The first-order valence-corrected chi connectivity index (χ1v) is 9.82. The third kappa shape index (κ3) is 6.21. The fourth-order valence-corrected chi connectivity index (χ4v) is 4.02. The fourth-order valence-electron chi connectivity index (χ4n) is 4.02. The molecule has 2 aliphatic rings. The highest BCUT2D eigenvalue weighted by molar-refractivity contribution is 5.66. The monoisotopic (exact) mass is 338 g/mol. The Hall–Kier alpha value is -0.870. The first kappa shape index (κ1) is 19.5. The minimum absolute atomic E-state index is 0.260. The molecule has 0 aromatic carbocycles. The average molecular weight is 338 g/mol. The molecule has 2 fully saturated rings. The SMILES string of the molecule is CCCCCCOC[C@H]1[C@@H](C/C=C\CCCC(=O)O)[C@@H]2CC[C@H]1O2. The number of ether oxygens (including phenoxy) is 2.